The standard InChI is InChI=1S/C21H23FN2O4S/c1-5-11(2)8-15-12(3)29-20-18(15)19(25)23-17(24-20)10-28-21(26)14-7-6-13(27-4)9-16(14)22/h6-7,9,11H,5,8,10H2,1-4H3,(H,23,24,25)/t11-/m1/s1. The molecule has 0 bridgehead atoms. The predicted octanol–water partition coefficient (Wildman–Crippen LogP) is 4.39. The Balaban J connectivity index is 1.81. The predicted molar refractivity (Wildman–Crippen MR) is 110 cm³/mol. The third-order valence-corrected chi connectivity index (χ3v) is 5.94. The second-order valence-corrected chi connectivity index (χ2v) is 8.17. The quantitative estimate of drug-likeness (QED) is 0.576. The lowest BCUT2D eigenvalue weighted by Crippen LogP contribution is -2.15. The van der Waals surface area contributed by atoms with E-state index in [1.807, 2.05) is 6.92 Å². The largest absolute Gasteiger partial charge is 0.497 e. The van der Waals surface area contributed by atoms with E-state index in [9.17, 15) is 14.0 Å². The first-order valence-corrected chi connectivity index (χ1v) is 10.2. The number of H-pyrrole nitrogens is 1. The topological polar surface area (TPSA) is 81.3 Å². The molecule has 0 saturated heterocycles. The Hall–Kier alpha value is -2.74. The van der Waals surface area contributed by atoms with E-state index in [0.717, 1.165) is 29.3 Å². The number of halogens is 1. The van der Waals surface area contributed by atoms with Crippen molar-refractivity contribution in [2.75, 3.05) is 7.11 Å². The lowest BCUT2D eigenvalue weighted by molar-refractivity contribution is 0.0457. The van der Waals surface area contributed by atoms with Gasteiger partial charge in [-0.15, -0.1) is 11.3 Å². The zero-order valence-corrected chi connectivity index (χ0v) is 17.6. The molecule has 154 valence electrons. The maximum atomic E-state index is 14.0. The van der Waals surface area contributed by atoms with Crippen LogP contribution in [0.4, 0.5) is 4.39 Å². The SMILES string of the molecule is CC[C@@H](C)Cc1c(C)sc2nc(COC(=O)c3ccc(OC)cc3F)[nH]c(=O)c12. The Kier molecular flexibility index (Phi) is 6.32. The summed E-state index contributed by atoms with van der Waals surface area (Å²) < 4.78 is 24.1. The third kappa shape index (κ3) is 4.48. The molecule has 0 unspecified atom stereocenters. The number of ether oxygens (including phenoxy) is 2. The fraction of sp³-hybridized carbons (Fsp3) is 0.381. The molecule has 3 rings (SSSR count). The number of carbonyl (C=O) groups is 1. The van der Waals surface area contributed by atoms with Crippen LogP contribution in [0.25, 0.3) is 10.2 Å². The van der Waals surface area contributed by atoms with Crippen molar-refractivity contribution < 1.29 is 18.7 Å². The summed E-state index contributed by atoms with van der Waals surface area (Å²) in [4.78, 5) is 33.6. The molecule has 0 aliphatic rings. The summed E-state index contributed by atoms with van der Waals surface area (Å²) in [5, 5.41) is 0.601. The highest BCUT2D eigenvalue weighted by Crippen LogP contribution is 2.29. The lowest BCUT2D eigenvalue weighted by Gasteiger charge is -2.08. The fourth-order valence-corrected chi connectivity index (χ4v) is 4.10. The molecule has 6 nitrogen and oxygen atoms in total. The second-order valence-electron chi connectivity index (χ2n) is 6.97. The zero-order valence-electron chi connectivity index (χ0n) is 16.8. The van der Waals surface area contributed by atoms with Crippen LogP contribution in [0, 0.1) is 18.7 Å². The van der Waals surface area contributed by atoms with Crippen molar-refractivity contribution in [3.8, 4) is 5.75 Å². The normalized spacial score (nSPS) is 12.2. The summed E-state index contributed by atoms with van der Waals surface area (Å²) in [6.45, 7) is 5.99. The van der Waals surface area contributed by atoms with Crippen LogP contribution in [0.5, 0.6) is 5.75 Å². The molecule has 1 aromatic carbocycles. The summed E-state index contributed by atoms with van der Waals surface area (Å²) in [6, 6.07) is 3.87. The average molecular weight is 418 g/mol. The van der Waals surface area contributed by atoms with Gasteiger partial charge in [-0.25, -0.2) is 14.2 Å². The first kappa shape index (κ1) is 21.0. The van der Waals surface area contributed by atoms with E-state index in [4.69, 9.17) is 9.47 Å². The number of methoxy groups -OCH3 is 1. The van der Waals surface area contributed by atoms with Gasteiger partial charge in [0.05, 0.1) is 18.1 Å². The number of rotatable bonds is 7. The van der Waals surface area contributed by atoms with E-state index in [-0.39, 0.29) is 23.6 Å². The van der Waals surface area contributed by atoms with Crippen molar-refractivity contribution in [2.45, 2.75) is 40.2 Å². The summed E-state index contributed by atoms with van der Waals surface area (Å²) in [6.07, 6.45) is 1.84. The molecule has 0 aliphatic carbocycles. The van der Waals surface area contributed by atoms with Gasteiger partial charge in [0.25, 0.3) is 5.56 Å². The number of hydrogen-bond acceptors (Lipinski definition) is 6. The third-order valence-electron chi connectivity index (χ3n) is 4.90. The van der Waals surface area contributed by atoms with Crippen molar-refractivity contribution in [3.63, 3.8) is 0 Å². The number of nitrogens with zero attached hydrogens (tertiary/aromatic N) is 1. The van der Waals surface area contributed by atoms with Gasteiger partial charge in [0.2, 0.25) is 0 Å². The molecule has 29 heavy (non-hydrogen) atoms. The highest BCUT2D eigenvalue weighted by Gasteiger charge is 2.18. The highest BCUT2D eigenvalue weighted by molar-refractivity contribution is 7.18. The van der Waals surface area contributed by atoms with Gasteiger partial charge in [0.1, 0.15) is 28.8 Å². The number of aromatic amines is 1. The van der Waals surface area contributed by atoms with Gasteiger partial charge in [0, 0.05) is 10.9 Å². The number of aryl methyl sites for hydroxylation is 1. The monoisotopic (exact) mass is 418 g/mol. The maximum absolute atomic E-state index is 14.0. The molecule has 3 aromatic rings. The van der Waals surface area contributed by atoms with E-state index in [1.165, 1.54) is 30.6 Å². The Morgan fingerprint density at radius 2 is 2.14 bits per heavy atom. The van der Waals surface area contributed by atoms with Crippen LogP contribution < -0.4 is 10.3 Å². The van der Waals surface area contributed by atoms with Crippen molar-refractivity contribution in [1.82, 2.24) is 9.97 Å². The lowest BCUT2D eigenvalue weighted by atomic mass is 9.98. The molecular formula is C21H23FN2O4S. The van der Waals surface area contributed by atoms with Gasteiger partial charge < -0.3 is 14.5 Å². The van der Waals surface area contributed by atoms with E-state index in [1.54, 1.807) is 0 Å². The minimum atomic E-state index is -0.840. The second kappa shape index (κ2) is 8.73. The van der Waals surface area contributed by atoms with Crippen LogP contribution in [0.3, 0.4) is 0 Å². The van der Waals surface area contributed by atoms with Gasteiger partial charge in [0.15, 0.2) is 0 Å². The van der Waals surface area contributed by atoms with Crippen molar-refractivity contribution in [3.05, 3.63) is 56.2 Å². The van der Waals surface area contributed by atoms with Crippen LogP contribution in [-0.4, -0.2) is 23.0 Å². The molecule has 0 aliphatic heterocycles. The van der Waals surface area contributed by atoms with Crippen LogP contribution in [-0.2, 0) is 17.8 Å². The molecule has 0 spiro atoms. The number of aromatic nitrogens is 2. The molecule has 0 amide bonds. The smallest absolute Gasteiger partial charge is 0.341 e. The van der Waals surface area contributed by atoms with Gasteiger partial charge in [-0.1, -0.05) is 20.3 Å². The summed E-state index contributed by atoms with van der Waals surface area (Å²) in [5.41, 5.74) is 0.563. The molecule has 1 atom stereocenters. The van der Waals surface area contributed by atoms with Gasteiger partial charge in [-0.2, -0.15) is 0 Å². The molecule has 0 radical (unpaired) electrons. The molecule has 2 heterocycles. The molecule has 2 aromatic heterocycles. The van der Waals surface area contributed by atoms with Crippen molar-refractivity contribution >= 4 is 27.5 Å². The number of thiophene rings is 1. The molecule has 8 heteroatoms. The fourth-order valence-electron chi connectivity index (χ4n) is 3.03. The Morgan fingerprint density at radius 1 is 1.38 bits per heavy atom. The Bertz CT molecular complexity index is 1110. The molecule has 1 N–H and O–H groups in total. The molecule has 0 saturated carbocycles. The van der Waals surface area contributed by atoms with E-state index in [0.29, 0.717) is 21.9 Å². The summed E-state index contributed by atoms with van der Waals surface area (Å²) in [5.74, 6) is -0.591. The van der Waals surface area contributed by atoms with Crippen LogP contribution >= 0.6 is 11.3 Å². The molecular weight excluding hydrogens is 395 g/mol. The summed E-state index contributed by atoms with van der Waals surface area (Å²) >= 11 is 1.45. The average Bonchev–Trinajstić information content (AvgIpc) is 3.01. The number of hydrogen-bond donors (Lipinski definition) is 1. The van der Waals surface area contributed by atoms with Crippen LogP contribution in [0.2, 0.25) is 0 Å². The minimum Gasteiger partial charge on any atom is -0.497 e. The van der Waals surface area contributed by atoms with Crippen molar-refractivity contribution in [2.24, 2.45) is 5.92 Å². The van der Waals surface area contributed by atoms with Gasteiger partial charge in [-0.05, 0) is 37.0 Å². The number of esters is 1. The number of carbonyl (C=O) groups excluding carboxylic acids is 1. The molecule has 0 fully saturated rings. The summed E-state index contributed by atoms with van der Waals surface area (Å²) in [7, 11) is 1.41. The maximum Gasteiger partial charge on any atom is 0.341 e. The minimum absolute atomic E-state index is 0.211. The number of benzene rings is 1. The first-order valence-electron chi connectivity index (χ1n) is 9.35. The van der Waals surface area contributed by atoms with E-state index in [2.05, 4.69) is 23.8 Å². The zero-order chi connectivity index (χ0) is 21.1. The van der Waals surface area contributed by atoms with Crippen molar-refractivity contribution in [1.29, 1.82) is 0 Å². The Morgan fingerprint density at radius 3 is 2.79 bits per heavy atom. The van der Waals surface area contributed by atoms with Gasteiger partial charge in [-0.3, -0.25) is 4.79 Å². The van der Waals surface area contributed by atoms with Gasteiger partial charge >= 0.3 is 5.97 Å². The van der Waals surface area contributed by atoms with E-state index < -0.39 is 11.8 Å². The number of fused-ring (bicyclic) bond motifs is 1. The van der Waals surface area contributed by atoms with E-state index >= 15 is 0 Å². The van der Waals surface area contributed by atoms with Crippen LogP contribution in [0.15, 0.2) is 23.0 Å². The number of nitrogens with one attached hydrogen (secondary N) is 1. The first-order chi connectivity index (χ1) is 13.8. The Labute approximate surface area is 171 Å². The van der Waals surface area contributed by atoms with Crippen LogP contribution in [0.1, 0.15) is 46.9 Å². The highest BCUT2D eigenvalue weighted by atomic mass is 32.1.